The molecule has 0 heterocycles. The Morgan fingerprint density at radius 3 is 1.67 bits per heavy atom. The second-order valence-corrected chi connectivity index (χ2v) is 0.922. The van der Waals surface area contributed by atoms with Crippen LogP contribution in [-0.4, -0.2) is 16.3 Å². The predicted molar refractivity (Wildman–Crippen MR) is 18.5 cm³/mol. The molecule has 0 bridgehead atoms. The van der Waals surface area contributed by atoms with Crippen LogP contribution < -0.4 is 0 Å². The maximum Gasteiger partial charge on any atom is 0.388 e. The number of carbonyl (C=O) groups is 2. The summed E-state index contributed by atoms with van der Waals surface area (Å²) in [5, 5.41) is 6.16. The molecule has 0 saturated carbocycles. The zero-order chi connectivity index (χ0) is 5.15. The van der Waals surface area contributed by atoms with Gasteiger partial charge in [-0.3, -0.25) is 4.79 Å². The van der Waals surface area contributed by atoms with Crippen LogP contribution in [0.15, 0.2) is 0 Å². The molecule has 6 heavy (non-hydrogen) atoms. The van der Waals surface area contributed by atoms with Crippen molar-refractivity contribution in [2.75, 3.05) is 0 Å². The number of hydrogen-bond donors (Lipinski definition) is 1. The maximum absolute atomic E-state index is 9.31. The molecule has 0 aliphatic carbocycles. The normalized spacial score (nSPS) is 7.50. The Morgan fingerprint density at radius 2 is 1.67 bits per heavy atom. The van der Waals surface area contributed by atoms with E-state index in [1.54, 1.807) is 0 Å². The fourth-order valence-electron chi connectivity index (χ4n) is 0. The summed E-state index contributed by atoms with van der Waals surface area (Å²) in [7, 11) is 0. The summed E-state index contributed by atoms with van der Waals surface area (Å²) < 4.78 is 0. The number of carboxylic acid groups (broad SMARTS) is 1. The van der Waals surface area contributed by atoms with E-state index in [9.17, 15) is 9.59 Å². The molecule has 4 heteroatoms. The van der Waals surface area contributed by atoms with E-state index in [0.29, 0.717) is 0 Å². The van der Waals surface area contributed by atoms with Crippen LogP contribution in [0, 0.1) is 0 Å². The minimum Gasteiger partial charge on any atom is -0.475 e. The predicted octanol–water partition coefficient (Wildman–Crippen LogP) is -0.164. The fourth-order valence-corrected chi connectivity index (χ4v) is 0. The number of carboxylic acids is 1. The molecule has 0 radical (unpaired) electrons. The van der Waals surface area contributed by atoms with Crippen molar-refractivity contribution < 1.29 is 14.7 Å². The van der Waals surface area contributed by atoms with Gasteiger partial charge in [-0.1, -0.05) is 0 Å². The van der Waals surface area contributed by atoms with E-state index in [0.717, 1.165) is 0 Å². The Morgan fingerprint density at radius 1 is 1.50 bits per heavy atom. The summed E-state index contributed by atoms with van der Waals surface area (Å²) >= 11 is 4.37. The minimum atomic E-state index is -1.61. The minimum absolute atomic E-state index is 1.35. The van der Waals surface area contributed by atoms with Crippen LogP contribution in [0.25, 0.3) is 0 Å². The van der Waals surface area contributed by atoms with Gasteiger partial charge in [-0.15, -0.1) is 0 Å². The number of hydrogen-bond acceptors (Lipinski definition) is 2. The maximum atomic E-state index is 9.31. The lowest BCUT2D eigenvalue weighted by atomic mass is 10.8. The van der Waals surface area contributed by atoms with Crippen molar-refractivity contribution >= 4 is 22.8 Å². The lowest BCUT2D eigenvalue weighted by molar-refractivity contribution is -0.145. The molecule has 0 unspecified atom stereocenters. The van der Waals surface area contributed by atoms with Crippen molar-refractivity contribution in [2.45, 2.75) is 0 Å². The molecular weight excluding hydrogens is 107 g/mol. The molecule has 0 rings (SSSR count). The van der Waals surface area contributed by atoms with Crippen molar-refractivity contribution in [3.8, 4) is 0 Å². The van der Waals surface area contributed by atoms with Crippen molar-refractivity contribution in [1.82, 2.24) is 0 Å². The van der Waals surface area contributed by atoms with Gasteiger partial charge in [0.1, 0.15) is 0 Å². The van der Waals surface area contributed by atoms with Crippen molar-refractivity contribution in [3.05, 3.63) is 0 Å². The third kappa shape index (κ3) is 1.72. The molecule has 0 amide bonds. The first-order valence-corrected chi connectivity index (χ1v) is 1.45. The molecule has 0 fully saturated rings. The lowest BCUT2D eigenvalue weighted by Gasteiger charge is -1.70. The fraction of sp³-hybridized carbons (Fsp3) is 0. The summed E-state index contributed by atoms with van der Waals surface area (Å²) in [4.78, 5) is 18.5. The number of halogens is 1. The van der Waals surface area contributed by atoms with E-state index in [1.165, 1.54) is 0 Å². The van der Waals surface area contributed by atoms with Crippen LogP contribution in [0.1, 0.15) is 0 Å². The van der Waals surface area contributed by atoms with Gasteiger partial charge in [0, 0.05) is 0 Å². The molecule has 0 spiro atoms. The van der Waals surface area contributed by atoms with Gasteiger partial charge in [-0.2, -0.15) is 0 Å². The molecule has 0 aliphatic heterocycles. The molecule has 0 atom stereocenters. The highest BCUT2D eigenvalue weighted by Crippen LogP contribution is 1.74. The van der Waals surface area contributed by atoms with Crippen LogP contribution in [0.4, 0.5) is 0 Å². The van der Waals surface area contributed by atoms with Crippen molar-refractivity contribution in [2.24, 2.45) is 0 Å². The highest BCUT2D eigenvalue weighted by Gasteiger charge is 2.02. The molecular formula is C2HClO3. The van der Waals surface area contributed by atoms with Gasteiger partial charge in [-0.25, -0.2) is 4.79 Å². The van der Waals surface area contributed by atoms with Gasteiger partial charge in [0.15, 0.2) is 0 Å². The first-order chi connectivity index (χ1) is 2.64. The van der Waals surface area contributed by atoms with E-state index in [4.69, 9.17) is 5.11 Å². The van der Waals surface area contributed by atoms with E-state index in [2.05, 4.69) is 11.6 Å². The van der Waals surface area contributed by atoms with Crippen LogP contribution in [-0.2, 0) is 9.59 Å². The molecule has 3 nitrogen and oxygen atoms in total. The second-order valence-electron chi connectivity index (χ2n) is 0.579. The van der Waals surface area contributed by atoms with E-state index in [1.807, 2.05) is 0 Å². The van der Waals surface area contributed by atoms with Crippen molar-refractivity contribution in [3.63, 3.8) is 0 Å². The van der Waals surface area contributed by atoms with Crippen LogP contribution >= 0.6 is 11.6 Å². The quantitative estimate of drug-likeness (QED) is 0.375. The Bertz CT molecular complexity index is 74.8. The average Bonchev–Trinajstić information content (AvgIpc) is 1.36. The highest BCUT2D eigenvalue weighted by atomic mass is 35.5. The molecule has 0 aromatic rings. The highest BCUT2D eigenvalue weighted by molar-refractivity contribution is 6.79. The SMILES string of the molecule is O=C(O)C(=O)Cl. The molecule has 34 valence electrons. The Kier molecular flexibility index (Phi) is 1.60. The number of carbonyl (C=O) groups excluding carboxylic acids is 1. The molecule has 1 N–H and O–H groups in total. The topological polar surface area (TPSA) is 54.4 Å². The average molecular weight is 108 g/mol. The van der Waals surface area contributed by atoms with Crippen LogP contribution in [0.3, 0.4) is 0 Å². The molecule has 0 aromatic heterocycles. The zero-order valence-corrected chi connectivity index (χ0v) is 3.40. The first kappa shape index (κ1) is 5.43. The van der Waals surface area contributed by atoms with E-state index >= 15 is 0 Å². The van der Waals surface area contributed by atoms with Crippen molar-refractivity contribution in [1.29, 1.82) is 0 Å². The summed E-state index contributed by atoms with van der Waals surface area (Å²) in [5.41, 5.74) is 0. The third-order valence-corrected chi connectivity index (χ3v) is 0.330. The van der Waals surface area contributed by atoms with Gasteiger partial charge < -0.3 is 5.11 Å². The smallest absolute Gasteiger partial charge is 0.388 e. The summed E-state index contributed by atoms with van der Waals surface area (Å²) in [5.74, 6) is -1.61. The van der Waals surface area contributed by atoms with E-state index < -0.39 is 11.2 Å². The van der Waals surface area contributed by atoms with Gasteiger partial charge >= 0.3 is 11.2 Å². The Balaban J connectivity index is 3.57. The van der Waals surface area contributed by atoms with Crippen LogP contribution in [0.2, 0.25) is 0 Å². The van der Waals surface area contributed by atoms with E-state index in [-0.39, 0.29) is 0 Å². The van der Waals surface area contributed by atoms with Gasteiger partial charge in [-0.05, 0) is 11.6 Å². The standard InChI is InChI=1S/C2HClO3/c3-1(4)2(5)6/h(H,5,6). The number of rotatable bonds is 1. The summed E-state index contributed by atoms with van der Waals surface area (Å²) in [6, 6.07) is 0. The zero-order valence-electron chi connectivity index (χ0n) is 2.64. The Labute approximate surface area is 38.5 Å². The largest absolute Gasteiger partial charge is 0.475 e. The summed E-state index contributed by atoms with van der Waals surface area (Å²) in [6.07, 6.45) is 0. The first-order valence-electron chi connectivity index (χ1n) is 1.07. The Hall–Kier alpha value is -0.570. The van der Waals surface area contributed by atoms with Gasteiger partial charge in [0.05, 0.1) is 0 Å². The van der Waals surface area contributed by atoms with Gasteiger partial charge in [0.2, 0.25) is 0 Å². The second kappa shape index (κ2) is 1.77. The van der Waals surface area contributed by atoms with Gasteiger partial charge in [0.25, 0.3) is 0 Å². The molecule has 0 aliphatic rings. The monoisotopic (exact) mass is 108 g/mol. The molecule has 0 saturated heterocycles. The van der Waals surface area contributed by atoms with Crippen LogP contribution in [0.5, 0.6) is 0 Å². The number of aliphatic carboxylic acids is 1. The third-order valence-electron chi connectivity index (χ3n) is 0.168. The molecule has 0 aromatic carbocycles. The summed E-state index contributed by atoms with van der Waals surface area (Å²) in [6.45, 7) is 0. The lowest BCUT2D eigenvalue weighted by Crippen LogP contribution is -2.02.